The fourth-order valence-electron chi connectivity index (χ4n) is 4.52. The third kappa shape index (κ3) is 3.94. The molecule has 2 N–H and O–H groups in total. The molecule has 0 spiro atoms. The van der Waals surface area contributed by atoms with E-state index in [1.165, 1.54) is 11.1 Å². The summed E-state index contributed by atoms with van der Waals surface area (Å²) in [6.07, 6.45) is 0. The van der Waals surface area contributed by atoms with E-state index < -0.39 is 0 Å². The molecule has 1 atom stereocenters. The van der Waals surface area contributed by atoms with Crippen LogP contribution in [0, 0.1) is 13.8 Å². The van der Waals surface area contributed by atoms with Crippen molar-refractivity contribution >= 4 is 5.69 Å². The highest BCUT2D eigenvalue weighted by Gasteiger charge is 2.25. The Morgan fingerprint density at radius 3 is 1.97 bits per heavy atom. The predicted molar refractivity (Wildman–Crippen MR) is 133 cm³/mol. The largest absolute Gasteiger partial charge is 0.496 e. The van der Waals surface area contributed by atoms with Crippen molar-refractivity contribution < 1.29 is 9.47 Å². The van der Waals surface area contributed by atoms with Crippen LogP contribution in [0.5, 0.6) is 11.5 Å². The smallest absolute Gasteiger partial charge is 0.130 e. The number of anilines is 1. The average Bonchev–Trinajstić information content (AvgIpc) is 2.82. The molecule has 4 aromatic rings. The van der Waals surface area contributed by atoms with Crippen LogP contribution < -0.4 is 15.2 Å². The molecule has 0 radical (unpaired) electrons. The van der Waals surface area contributed by atoms with Crippen LogP contribution in [0.25, 0.3) is 11.1 Å². The summed E-state index contributed by atoms with van der Waals surface area (Å²) in [5, 5.41) is 0. The van der Waals surface area contributed by atoms with Gasteiger partial charge in [-0.2, -0.15) is 0 Å². The van der Waals surface area contributed by atoms with Crippen LogP contribution in [0.2, 0.25) is 0 Å². The van der Waals surface area contributed by atoms with Gasteiger partial charge in [-0.1, -0.05) is 78.4 Å². The molecule has 0 aromatic heterocycles. The van der Waals surface area contributed by atoms with Crippen molar-refractivity contribution in [2.24, 2.45) is 0 Å². The van der Waals surface area contributed by atoms with Crippen LogP contribution in [0.15, 0.2) is 84.9 Å². The second-order valence-corrected chi connectivity index (χ2v) is 8.05. The van der Waals surface area contributed by atoms with Crippen molar-refractivity contribution in [2.45, 2.75) is 19.8 Å². The van der Waals surface area contributed by atoms with Gasteiger partial charge in [0.2, 0.25) is 0 Å². The summed E-state index contributed by atoms with van der Waals surface area (Å²) in [6.45, 7) is 4.19. The maximum atomic E-state index is 6.68. The van der Waals surface area contributed by atoms with E-state index >= 15 is 0 Å². The Balaban J connectivity index is 2.05. The van der Waals surface area contributed by atoms with Crippen LogP contribution in [-0.2, 0) is 0 Å². The molecule has 0 bridgehead atoms. The van der Waals surface area contributed by atoms with Gasteiger partial charge >= 0.3 is 0 Å². The Bertz CT molecular complexity index is 1210. The average molecular weight is 424 g/mol. The van der Waals surface area contributed by atoms with Crippen molar-refractivity contribution in [3.05, 3.63) is 113 Å². The number of hydrogen-bond donors (Lipinski definition) is 1. The van der Waals surface area contributed by atoms with E-state index in [4.69, 9.17) is 15.2 Å². The first-order chi connectivity index (χ1) is 15.5. The number of benzene rings is 4. The first-order valence-corrected chi connectivity index (χ1v) is 10.8. The van der Waals surface area contributed by atoms with E-state index in [2.05, 4.69) is 74.5 Å². The molecule has 0 saturated carbocycles. The number of rotatable bonds is 6. The third-order valence-corrected chi connectivity index (χ3v) is 5.98. The van der Waals surface area contributed by atoms with Crippen LogP contribution >= 0.6 is 0 Å². The molecule has 0 aliphatic rings. The lowest BCUT2D eigenvalue weighted by Gasteiger charge is -2.25. The van der Waals surface area contributed by atoms with Crippen molar-refractivity contribution in [1.82, 2.24) is 0 Å². The van der Waals surface area contributed by atoms with Gasteiger partial charge in [-0.25, -0.2) is 0 Å². The zero-order chi connectivity index (χ0) is 22.7. The van der Waals surface area contributed by atoms with Gasteiger partial charge in [-0.05, 0) is 53.8 Å². The zero-order valence-corrected chi connectivity index (χ0v) is 19.1. The molecule has 3 heteroatoms. The molecule has 1 unspecified atom stereocenters. The minimum Gasteiger partial charge on any atom is -0.496 e. The van der Waals surface area contributed by atoms with Crippen LogP contribution in [-0.4, -0.2) is 14.2 Å². The van der Waals surface area contributed by atoms with Gasteiger partial charge in [0.05, 0.1) is 19.8 Å². The van der Waals surface area contributed by atoms with Gasteiger partial charge in [0.25, 0.3) is 0 Å². The number of ether oxygens (including phenoxy) is 2. The van der Waals surface area contributed by atoms with E-state index in [9.17, 15) is 0 Å². The number of aryl methyl sites for hydroxylation is 2. The highest BCUT2D eigenvalue weighted by atomic mass is 16.5. The van der Waals surface area contributed by atoms with Crippen LogP contribution in [0.4, 0.5) is 5.69 Å². The molecule has 0 aliphatic heterocycles. The topological polar surface area (TPSA) is 44.5 Å². The molecule has 4 rings (SSSR count). The Kier molecular flexibility index (Phi) is 6.18. The fourth-order valence-corrected chi connectivity index (χ4v) is 4.52. The van der Waals surface area contributed by atoms with Gasteiger partial charge in [-0.15, -0.1) is 0 Å². The SMILES string of the molecule is COc1cccc(OC)c1-c1ccccc1C(c1ccccc1)c1cc(C)cc(C)c1N. The second-order valence-electron chi connectivity index (χ2n) is 8.05. The molecule has 162 valence electrons. The fraction of sp³-hybridized carbons (Fsp3) is 0.172. The summed E-state index contributed by atoms with van der Waals surface area (Å²) in [5.74, 6) is 1.51. The van der Waals surface area contributed by atoms with Crippen molar-refractivity contribution in [1.29, 1.82) is 0 Å². The summed E-state index contributed by atoms with van der Waals surface area (Å²) in [6, 6.07) is 29.2. The van der Waals surface area contributed by atoms with Crippen LogP contribution in [0.1, 0.15) is 33.7 Å². The van der Waals surface area contributed by atoms with Gasteiger partial charge in [0.15, 0.2) is 0 Å². The quantitative estimate of drug-likeness (QED) is 0.276. The Labute approximate surface area is 190 Å². The summed E-state index contributed by atoms with van der Waals surface area (Å²) >= 11 is 0. The number of methoxy groups -OCH3 is 2. The number of nitrogens with two attached hydrogens (primary N) is 1. The molecule has 4 aromatic carbocycles. The monoisotopic (exact) mass is 423 g/mol. The van der Waals surface area contributed by atoms with E-state index in [0.29, 0.717) is 0 Å². The molecule has 0 heterocycles. The Morgan fingerprint density at radius 1 is 0.688 bits per heavy atom. The molecule has 0 aliphatic carbocycles. The predicted octanol–water partition coefficient (Wildman–Crippen LogP) is 6.75. The van der Waals surface area contributed by atoms with Crippen molar-refractivity contribution in [3.8, 4) is 22.6 Å². The second kappa shape index (κ2) is 9.19. The first-order valence-electron chi connectivity index (χ1n) is 10.8. The molecular formula is C29H29NO2. The lowest BCUT2D eigenvalue weighted by Crippen LogP contribution is -2.10. The summed E-state index contributed by atoms with van der Waals surface area (Å²) in [4.78, 5) is 0. The normalized spacial score (nSPS) is 11.8. The van der Waals surface area contributed by atoms with Crippen molar-refractivity contribution in [2.75, 3.05) is 20.0 Å². The minimum absolute atomic E-state index is 0.0411. The van der Waals surface area contributed by atoms with E-state index in [0.717, 1.165) is 45.0 Å². The summed E-state index contributed by atoms with van der Waals surface area (Å²) in [5.41, 5.74) is 15.2. The molecule has 0 fully saturated rings. The number of nitrogen functional groups attached to an aromatic ring is 1. The van der Waals surface area contributed by atoms with Gasteiger partial charge in [0, 0.05) is 11.6 Å². The van der Waals surface area contributed by atoms with Crippen LogP contribution in [0.3, 0.4) is 0 Å². The van der Waals surface area contributed by atoms with E-state index in [-0.39, 0.29) is 5.92 Å². The van der Waals surface area contributed by atoms with Gasteiger partial charge < -0.3 is 15.2 Å². The highest BCUT2D eigenvalue weighted by Crippen LogP contribution is 2.46. The van der Waals surface area contributed by atoms with Gasteiger partial charge in [0.1, 0.15) is 11.5 Å². The molecule has 3 nitrogen and oxygen atoms in total. The maximum absolute atomic E-state index is 6.68. The lowest BCUT2D eigenvalue weighted by molar-refractivity contribution is 0.397. The standard InChI is InChI=1S/C29H29NO2/c1-19-17-20(2)29(30)24(18-19)27(21-11-6-5-7-12-21)22-13-8-9-14-23(22)28-25(31-3)15-10-16-26(28)32-4/h5-18,27H,30H2,1-4H3. The summed E-state index contributed by atoms with van der Waals surface area (Å²) in [7, 11) is 3.38. The molecule has 32 heavy (non-hydrogen) atoms. The first kappa shape index (κ1) is 21.5. The molecule has 0 amide bonds. The van der Waals surface area contributed by atoms with Crippen molar-refractivity contribution in [3.63, 3.8) is 0 Å². The Hall–Kier alpha value is -3.72. The zero-order valence-electron chi connectivity index (χ0n) is 19.1. The van der Waals surface area contributed by atoms with Gasteiger partial charge in [-0.3, -0.25) is 0 Å². The third-order valence-electron chi connectivity index (χ3n) is 5.98. The summed E-state index contributed by atoms with van der Waals surface area (Å²) < 4.78 is 11.5. The molecular weight excluding hydrogens is 394 g/mol. The minimum atomic E-state index is -0.0411. The Morgan fingerprint density at radius 2 is 1.31 bits per heavy atom. The highest BCUT2D eigenvalue weighted by molar-refractivity contribution is 5.81. The molecule has 0 saturated heterocycles. The van der Waals surface area contributed by atoms with E-state index in [1.807, 2.05) is 24.3 Å². The lowest BCUT2D eigenvalue weighted by atomic mass is 9.79. The number of hydrogen-bond acceptors (Lipinski definition) is 3. The van der Waals surface area contributed by atoms with E-state index in [1.54, 1.807) is 14.2 Å². The maximum Gasteiger partial charge on any atom is 0.130 e.